The number of aromatic nitrogens is 1. The number of rotatable bonds is 10. The molecule has 1 aromatic carbocycles. The predicted octanol–water partition coefficient (Wildman–Crippen LogP) is 5.76. The van der Waals surface area contributed by atoms with E-state index < -0.39 is 5.54 Å². The molecular weight excluding hydrogens is 514 g/mol. The zero-order valence-electron chi connectivity index (χ0n) is 23.4. The topological polar surface area (TPSA) is 82.0 Å². The number of carbonyl (C=O) groups excluding carboxylic acids is 2. The van der Waals surface area contributed by atoms with Gasteiger partial charge in [0.25, 0.3) is 5.91 Å². The van der Waals surface area contributed by atoms with Gasteiger partial charge in [-0.05, 0) is 75.7 Å². The average Bonchev–Trinajstić information content (AvgIpc) is 3.52. The third-order valence-electron chi connectivity index (χ3n) is 7.79. The highest BCUT2D eigenvalue weighted by molar-refractivity contribution is 7.17. The highest BCUT2D eigenvalue weighted by atomic mass is 32.1. The van der Waals surface area contributed by atoms with Crippen LogP contribution in [0.4, 0.5) is 0 Å². The first-order valence-electron chi connectivity index (χ1n) is 14.1. The van der Waals surface area contributed by atoms with Crippen molar-refractivity contribution >= 4 is 33.4 Å². The Kier molecular flexibility index (Phi) is 8.07. The van der Waals surface area contributed by atoms with E-state index in [0.717, 1.165) is 41.5 Å². The molecule has 210 valence electrons. The molecule has 0 spiro atoms. The Bertz CT molecular complexity index is 1310. The molecule has 1 atom stereocenters. The van der Waals surface area contributed by atoms with Crippen LogP contribution in [0.25, 0.3) is 10.2 Å². The van der Waals surface area contributed by atoms with Crippen molar-refractivity contribution in [2.24, 2.45) is 0 Å². The number of nitrogens with zero attached hydrogens (tertiary/aromatic N) is 2. The monoisotopic (exact) mass is 553 g/mol. The molecule has 0 bridgehead atoms. The summed E-state index contributed by atoms with van der Waals surface area (Å²) in [6.45, 7) is 9.67. The number of ether oxygens (including phenoxy) is 3. The van der Waals surface area contributed by atoms with Gasteiger partial charge in [0.05, 0.1) is 36.6 Å². The largest absolute Gasteiger partial charge is 0.490 e. The molecule has 3 aromatic rings. The molecule has 1 unspecified atom stereocenters. The second-order valence-corrected chi connectivity index (χ2v) is 11.4. The van der Waals surface area contributed by atoms with E-state index in [2.05, 4.69) is 5.32 Å². The Morgan fingerprint density at radius 2 is 1.69 bits per heavy atom. The lowest BCUT2D eigenvalue weighted by Gasteiger charge is -2.45. The summed E-state index contributed by atoms with van der Waals surface area (Å²) in [4.78, 5) is 29.9. The smallest absolute Gasteiger partial charge is 0.271 e. The molecular formula is C30H39N3O5S. The molecule has 39 heavy (non-hydrogen) atoms. The molecule has 8 nitrogen and oxygen atoms in total. The quantitative estimate of drug-likeness (QED) is 0.345. The van der Waals surface area contributed by atoms with Crippen molar-refractivity contribution in [1.29, 1.82) is 0 Å². The van der Waals surface area contributed by atoms with Crippen LogP contribution in [0.1, 0.15) is 75.9 Å². The number of nitrogens with one attached hydrogen (secondary N) is 1. The van der Waals surface area contributed by atoms with Crippen LogP contribution in [0, 0.1) is 0 Å². The second kappa shape index (κ2) is 11.5. The average molecular weight is 554 g/mol. The molecule has 2 aromatic heterocycles. The van der Waals surface area contributed by atoms with Crippen molar-refractivity contribution in [2.45, 2.75) is 84.5 Å². The number of amides is 2. The summed E-state index contributed by atoms with van der Waals surface area (Å²) in [6, 6.07) is 7.92. The molecule has 1 saturated carbocycles. The van der Waals surface area contributed by atoms with E-state index in [1.165, 1.54) is 6.42 Å². The van der Waals surface area contributed by atoms with Crippen molar-refractivity contribution in [3.8, 4) is 17.2 Å². The predicted molar refractivity (Wildman–Crippen MR) is 153 cm³/mol. The Labute approximate surface area is 234 Å². The van der Waals surface area contributed by atoms with Crippen LogP contribution < -0.4 is 19.5 Å². The summed E-state index contributed by atoms with van der Waals surface area (Å²) in [5, 5.41) is 5.33. The Morgan fingerprint density at radius 1 is 1.03 bits per heavy atom. The van der Waals surface area contributed by atoms with Gasteiger partial charge < -0.3 is 29.0 Å². The van der Waals surface area contributed by atoms with Gasteiger partial charge >= 0.3 is 0 Å². The van der Waals surface area contributed by atoms with Gasteiger partial charge in [-0.2, -0.15) is 0 Å². The molecule has 5 rings (SSSR count). The summed E-state index contributed by atoms with van der Waals surface area (Å²) in [5.74, 6) is 1.44. The van der Waals surface area contributed by atoms with Gasteiger partial charge in [-0.25, -0.2) is 0 Å². The summed E-state index contributed by atoms with van der Waals surface area (Å²) in [5.41, 5.74) is 1.35. The number of fused-ring (bicyclic) bond motifs is 3. The minimum atomic E-state index is -1.08. The number of thiophene rings is 1. The van der Waals surface area contributed by atoms with Crippen LogP contribution in [0.3, 0.4) is 0 Å². The summed E-state index contributed by atoms with van der Waals surface area (Å²) in [6.07, 6.45) is 5.41. The minimum Gasteiger partial charge on any atom is -0.490 e. The molecule has 3 heterocycles. The number of carbonyl (C=O) groups is 2. The summed E-state index contributed by atoms with van der Waals surface area (Å²) in [7, 11) is 0. The lowest BCUT2D eigenvalue weighted by Crippen LogP contribution is -2.64. The first-order valence-corrected chi connectivity index (χ1v) is 15.0. The standard InChI is InChI=1S/C30H39N3O5S/c1-5-36-24-15-20(16-25(37-6-2)27(24)38-7-3)18-33-28(34)23-17-26-22(13-14-39-26)32(23)19-30(33,4)29(35)31-21-11-9-8-10-12-21/h13-17,21H,5-12,18-19H2,1-4H3,(H,31,35). The molecule has 1 N–H and O–H groups in total. The van der Waals surface area contributed by atoms with Crippen molar-refractivity contribution in [3.05, 3.63) is 40.9 Å². The van der Waals surface area contributed by atoms with Gasteiger partial charge in [0.15, 0.2) is 11.5 Å². The van der Waals surface area contributed by atoms with Gasteiger partial charge in [0.1, 0.15) is 11.2 Å². The van der Waals surface area contributed by atoms with E-state index in [1.54, 1.807) is 16.2 Å². The molecule has 0 radical (unpaired) electrons. The third-order valence-corrected chi connectivity index (χ3v) is 8.64. The Morgan fingerprint density at radius 3 is 2.33 bits per heavy atom. The maximum absolute atomic E-state index is 14.1. The number of benzene rings is 1. The Hall–Kier alpha value is -3.20. The first kappa shape index (κ1) is 27.4. The maximum atomic E-state index is 14.1. The highest BCUT2D eigenvalue weighted by Crippen LogP contribution is 2.41. The van der Waals surface area contributed by atoms with Gasteiger partial charge in [-0.3, -0.25) is 9.59 Å². The van der Waals surface area contributed by atoms with Crippen LogP contribution >= 0.6 is 11.3 Å². The minimum absolute atomic E-state index is 0.105. The fraction of sp³-hybridized carbons (Fsp3) is 0.533. The Balaban J connectivity index is 1.55. The van der Waals surface area contributed by atoms with Crippen LogP contribution in [0.2, 0.25) is 0 Å². The third kappa shape index (κ3) is 5.21. The zero-order chi connectivity index (χ0) is 27.6. The molecule has 0 saturated heterocycles. The lowest BCUT2D eigenvalue weighted by atomic mass is 9.91. The maximum Gasteiger partial charge on any atom is 0.271 e. The summed E-state index contributed by atoms with van der Waals surface area (Å²) >= 11 is 1.61. The van der Waals surface area contributed by atoms with E-state index in [0.29, 0.717) is 49.3 Å². The van der Waals surface area contributed by atoms with Gasteiger partial charge in [0.2, 0.25) is 11.7 Å². The number of hydrogen-bond donors (Lipinski definition) is 1. The SMILES string of the molecule is CCOc1cc(CN2C(=O)c3cc4sccc4n3CC2(C)C(=O)NC2CCCCC2)cc(OCC)c1OCC. The van der Waals surface area contributed by atoms with Crippen LogP contribution in [0.5, 0.6) is 17.2 Å². The van der Waals surface area contributed by atoms with Crippen molar-refractivity contribution < 1.29 is 23.8 Å². The van der Waals surface area contributed by atoms with Gasteiger partial charge in [0, 0.05) is 12.6 Å². The van der Waals surface area contributed by atoms with Crippen molar-refractivity contribution in [2.75, 3.05) is 19.8 Å². The number of hydrogen-bond acceptors (Lipinski definition) is 6. The van der Waals surface area contributed by atoms with E-state index in [1.807, 2.05) is 61.9 Å². The van der Waals surface area contributed by atoms with E-state index in [-0.39, 0.29) is 24.4 Å². The molecule has 2 amide bonds. The van der Waals surface area contributed by atoms with Crippen molar-refractivity contribution in [1.82, 2.24) is 14.8 Å². The van der Waals surface area contributed by atoms with Crippen LogP contribution in [-0.2, 0) is 17.9 Å². The zero-order valence-corrected chi connectivity index (χ0v) is 24.2. The summed E-state index contributed by atoms with van der Waals surface area (Å²) < 4.78 is 20.8. The van der Waals surface area contributed by atoms with E-state index in [4.69, 9.17) is 14.2 Å². The molecule has 2 aliphatic rings. The second-order valence-electron chi connectivity index (χ2n) is 10.5. The van der Waals surface area contributed by atoms with E-state index in [9.17, 15) is 9.59 Å². The normalized spacial score (nSPS) is 19.7. The molecule has 1 aliphatic carbocycles. The first-order chi connectivity index (χ1) is 18.9. The van der Waals surface area contributed by atoms with Gasteiger partial charge in [-0.1, -0.05) is 19.3 Å². The molecule has 9 heteroatoms. The van der Waals surface area contributed by atoms with E-state index >= 15 is 0 Å². The van der Waals surface area contributed by atoms with Crippen LogP contribution in [0.15, 0.2) is 29.6 Å². The molecule has 1 fully saturated rings. The van der Waals surface area contributed by atoms with Gasteiger partial charge in [-0.15, -0.1) is 11.3 Å². The van der Waals surface area contributed by atoms with Crippen LogP contribution in [-0.4, -0.2) is 52.7 Å². The highest BCUT2D eigenvalue weighted by Gasteiger charge is 2.48. The fourth-order valence-electron chi connectivity index (χ4n) is 5.83. The lowest BCUT2D eigenvalue weighted by molar-refractivity contribution is -0.134. The molecule has 1 aliphatic heterocycles. The fourth-order valence-corrected chi connectivity index (χ4v) is 6.65. The van der Waals surface area contributed by atoms with Crippen molar-refractivity contribution in [3.63, 3.8) is 0 Å².